The quantitative estimate of drug-likeness (QED) is 0.311. The Morgan fingerprint density at radius 2 is 1.91 bits per heavy atom. The van der Waals surface area contributed by atoms with E-state index in [0.717, 1.165) is 16.5 Å². The summed E-state index contributed by atoms with van der Waals surface area (Å²) in [6, 6.07) is 11.9. The molecule has 178 valence electrons. The van der Waals surface area contributed by atoms with E-state index in [2.05, 4.69) is 0 Å². The normalized spacial score (nSPS) is 17.8. The first-order valence-electron chi connectivity index (χ1n) is 11.1. The van der Waals surface area contributed by atoms with Crippen LogP contribution >= 0.6 is 11.6 Å². The molecule has 4 rings (SSSR count). The number of benzene rings is 2. The number of fused-ring (bicyclic) bond motifs is 1. The van der Waals surface area contributed by atoms with Crippen LogP contribution in [-0.4, -0.2) is 65.0 Å². The SMILES string of the molecule is CCOc1cc(/C(O)=C2\C(=O)C(=O)N(CCN(C)C)C2c2cn(C)c3ccccc23)ccc1Cl. The fourth-order valence-electron chi connectivity index (χ4n) is 4.40. The van der Waals surface area contributed by atoms with Crippen molar-refractivity contribution < 1.29 is 19.4 Å². The molecule has 1 N–H and O–H groups in total. The van der Waals surface area contributed by atoms with Gasteiger partial charge in [0.05, 0.1) is 23.2 Å². The molecule has 34 heavy (non-hydrogen) atoms. The van der Waals surface area contributed by atoms with E-state index in [1.165, 1.54) is 0 Å². The second-order valence-electron chi connectivity index (χ2n) is 8.59. The van der Waals surface area contributed by atoms with Gasteiger partial charge in [0.1, 0.15) is 11.5 Å². The molecule has 1 fully saturated rings. The number of likely N-dealkylation sites (tertiary alicyclic amines) is 1. The lowest BCUT2D eigenvalue weighted by molar-refractivity contribution is -0.140. The Bertz CT molecular complexity index is 1290. The van der Waals surface area contributed by atoms with Gasteiger partial charge in [0.2, 0.25) is 0 Å². The predicted molar refractivity (Wildman–Crippen MR) is 133 cm³/mol. The molecule has 0 bridgehead atoms. The van der Waals surface area contributed by atoms with Crippen molar-refractivity contribution >= 4 is 40.0 Å². The molecular weight excluding hydrogens is 454 g/mol. The van der Waals surface area contributed by atoms with Gasteiger partial charge in [-0.3, -0.25) is 9.59 Å². The number of nitrogens with zero attached hydrogens (tertiary/aromatic N) is 3. The number of hydrogen-bond acceptors (Lipinski definition) is 5. The van der Waals surface area contributed by atoms with Gasteiger partial charge in [-0.2, -0.15) is 0 Å². The molecular formula is C26H28ClN3O4. The Kier molecular flexibility index (Phi) is 6.68. The third kappa shape index (κ3) is 4.17. The molecule has 0 spiro atoms. The molecule has 0 saturated carbocycles. The number of para-hydroxylation sites is 1. The molecule has 1 aromatic heterocycles. The molecule has 1 aliphatic heterocycles. The van der Waals surface area contributed by atoms with Crippen LogP contribution in [0.1, 0.15) is 24.1 Å². The Morgan fingerprint density at radius 3 is 2.62 bits per heavy atom. The molecule has 0 radical (unpaired) electrons. The fraction of sp³-hybridized carbons (Fsp3) is 0.308. The second kappa shape index (κ2) is 9.52. The van der Waals surface area contributed by atoms with Crippen LogP contribution in [0, 0.1) is 0 Å². The number of carbonyl (C=O) groups is 2. The van der Waals surface area contributed by atoms with Crippen molar-refractivity contribution in [1.29, 1.82) is 0 Å². The van der Waals surface area contributed by atoms with Crippen molar-refractivity contribution in [3.8, 4) is 5.75 Å². The third-order valence-electron chi connectivity index (χ3n) is 6.05. The van der Waals surface area contributed by atoms with E-state index in [-0.39, 0.29) is 11.3 Å². The van der Waals surface area contributed by atoms with Crippen molar-refractivity contribution in [3.05, 3.63) is 70.4 Å². The molecule has 1 saturated heterocycles. The number of ketones is 1. The zero-order chi connectivity index (χ0) is 24.6. The van der Waals surface area contributed by atoms with Gasteiger partial charge in [0.25, 0.3) is 11.7 Å². The molecule has 1 aliphatic rings. The van der Waals surface area contributed by atoms with Gasteiger partial charge in [-0.25, -0.2) is 0 Å². The Labute approximate surface area is 203 Å². The van der Waals surface area contributed by atoms with Gasteiger partial charge in [-0.15, -0.1) is 0 Å². The van der Waals surface area contributed by atoms with Gasteiger partial charge < -0.3 is 24.2 Å². The van der Waals surface area contributed by atoms with Gasteiger partial charge in [0, 0.05) is 48.4 Å². The van der Waals surface area contributed by atoms with Gasteiger partial charge in [-0.1, -0.05) is 29.8 Å². The summed E-state index contributed by atoms with van der Waals surface area (Å²) in [6.07, 6.45) is 1.92. The fourth-order valence-corrected chi connectivity index (χ4v) is 4.58. The van der Waals surface area contributed by atoms with Crippen molar-refractivity contribution in [2.75, 3.05) is 33.8 Å². The minimum absolute atomic E-state index is 0.0601. The number of aryl methyl sites for hydroxylation is 1. The average molecular weight is 482 g/mol. The van der Waals surface area contributed by atoms with Crippen LogP contribution in [0.4, 0.5) is 0 Å². The average Bonchev–Trinajstić information content (AvgIpc) is 3.27. The highest BCUT2D eigenvalue weighted by atomic mass is 35.5. The number of likely N-dealkylation sites (N-methyl/N-ethyl adjacent to an activating group) is 1. The third-order valence-corrected chi connectivity index (χ3v) is 6.37. The second-order valence-corrected chi connectivity index (χ2v) is 8.99. The van der Waals surface area contributed by atoms with E-state index < -0.39 is 17.7 Å². The van der Waals surface area contributed by atoms with Crippen LogP contribution in [0.15, 0.2) is 54.2 Å². The largest absolute Gasteiger partial charge is 0.507 e. The monoisotopic (exact) mass is 481 g/mol. The van der Waals surface area contributed by atoms with Crippen LogP contribution in [-0.2, 0) is 16.6 Å². The summed E-state index contributed by atoms with van der Waals surface area (Å²) in [5.74, 6) is -1.18. The summed E-state index contributed by atoms with van der Waals surface area (Å²) < 4.78 is 7.52. The number of carbonyl (C=O) groups excluding carboxylic acids is 2. The Hall–Kier alpha value is -3.29. The predicted octanol–water partition coefficient (Wildman–Crippen LogP) is 4.21. The van der Waals surface area contributed by atoms with E-state index in [4.69, 9.17) is 16.3 Å². The van der Waals surface area contributed by atoms with Gasteiger partial charge in [0.15, 0.2) is 0 Å². The van der Waals surface area contributed by atoms with Crippen molar-refractivity contribution in [1.82, 2.24) is 14.4 Å². The molecule has 1 amide bonds. The highest BCUT2D eigenvalue weighted by molar-refractivity contribution is 6.46. The maximum Gasteiger partial charge on any atom is 0.295 e. The van der Waals surface area contributed by atoms with E-state index in [1.54, 1.807) is 23.1 Å². The minimum Gasteiger partial charge on any atom is -0.507 e. The van der Waals surface area contributed by atoms with Crippen molar-refractivity contribution in [2.45, 2.75) is 13.0 Å². The summed E-state index contributed by atoms with van der Waals surface area (Å²) in [6.45, 7) is 3.14. The summed E-state index contributed by atoms with van der Waals surface area (Å²) in [7, 11) is 5.74. The summed E-state index contributed by atoms with van der Waals surface area (Å²) in [4.78, 5) is 30.0. The van der Waals surface area contributed by atoms with Crippen LogP contribution < -0.4 is 4.74 Å². The summed E-state index contributed by atoms with van der Waals surface area (Å²) in [5.41, 5.74) is 2.19. The molecule has 2 heterocycles. The van der Waals surface area contributed by atoms with E-state index in [1.807, 2.05) is 68.0 Å². The Morgan fingerprint density at radius 1 is 1.18 bits per heavy atom. The number of aromatic nitrogens is 1. The lowest BCUT2D eigenvalue weighted by Gasteiger charge is -2.26. The lowest BCUT2D eigenvalue weighted by Crippen LogP contribution is -2.35. The van der Waals surface area contributed by atoms with Crippen LogP contribution in [0.5, 0.6) is 5.75 Å². The first kappa shape index (κ1) is 23.9. The number of amides is 1. The molecule has 7 nitrogen and oxygen atoms in total. The molecule has 0 aliphatic carbocycles. The number of halogens is 1. The topological polar surface area (TPSA) is 75.0 Å². The first-order chi connectivity index (χ1) is 16.2. The summed E-state index contributed by atoms with van der Waals surface area (Å²) in [5, 5.41) is 12.7. The number of Topliss-reactive ketones (excluding diaryl/α,β-unsaturated/α-hetero) is 1. The number of aliphatic hydroxyl groups is 1. The Balaban J connectivity index is 1.93. The van der Waals surface area contributed by atoms with Crippen molar-refractivity contribution in [3.63, 3.8) is 0 Å². The van der Waals surface area contributed by atoms with E-state index >= 15 is 0 Å². The first-order valence-corrected chi connectivity index (χ1v) is 11.5. The highest BCUT2D eigenvalue weighted by Crippen LogP contribution is 2.42. The molecule has 1 atom stereocenters. The smallest absolute Gasteiger partial charge is 0.295 e. The van der Waals surface area contributed by atoms with Crippen LogP contribution in [0.25, 0.3) is 16.7 Å². The van der Waals surface area contributed by atoms with Crippen molar-refractivity contribution in [2.24, 2.45) is 7.05 Å². The van der Waals surface area contributed by atoms with E-state index in [0.29, 0.717) is 36.0 Å². The summed E-state index contributed by atoms with van der Waals surface area (Å²) >= 11 is 6.22. The highest BCUT2D eigenvalue weighted by Gasteiger charge is 2.46. The maximum absolute atomic E-state index is 13.3. The lowest BCUT2D eigenvalue weighted by atomic mass is 9.95. The van der Waals surface area contributed by atoms with Crippen LogP contribution in [0.3, 0.4) is 0 Å². The minimum atomic E-state index is -0.725. The number of hydrogen-bond donors (Lipinski definition) is 1. The zero-order valence-electron chi connectivity index (χ0n) is 19.7. The molecule has 1 unspecified atom stereocenters. The standard InChI is InChI=1S/C26H28ClN3O4/c1-5-34-21-14-16(10-11-19(21)27)24(31)22-23(30(13-12-28(2)3)26(33)25(22)32)18-15-29(4)20-9-7-6-8-17(18)20/h6-11,14-15,23,31H,5,12-13H2,1-4H3/b24-22+. The number of rotatable bonds is 7. The maximum atomic E-state index is 13.3. The van der Waals surface area contributed by atoms with Gasteiger partial charge in [-0.05, 0) is 45.3 Å². The molecule has 3 aromatic rings. The van der Waals surface area contributed by atoms with Crippen LogP contribution in [0.2, 0.25) is 5.02 Å². The zero-order valence-corrected chi connectivity index (χ0v) is 20.5. The molecule has 8 heteroatoms. The number of aliphatic hydroxyl groups excluding tert-OH is 1. The molecule has 2 aromatic carbocycles. The number of ether oxygens (including phenoxy) is 1. The van der Waals surface area contributed by atoms with Gasteiger partial charge >= 0.3 is 0 Å². The van der Waals surface area contributed by atoms with E-state index in [9.17, 15) is 14.7 Å².